The molecule has 0 saturated heterocycles. The predicted molar refractivity (Wildman–Crippen MR) is 81.6 cm³/mol. The molecule has 1 aromatic rings. The minimum absolute atomic E-state index is 0.431. The minimum Gasteiger partial charge on any atom is -0.138 e. The zero-order chi connectivity index (χ0) is 11.1. The molecular formula is C10H16BrISSi. The molecule has 1 aromatic heterocycles. The van der Waals surface area contributed by atoms with Crippen molar-refractivity contribution in [2.24, 2.45) is 0 Å². The molecule has 0 bridgehead atoms. The molecular weight excluding hydrogens is 387 g/mol. The van der Waals surface area contributed by atoms with Crippen LogP contribution in [0.2, 0.25) is 18.1 Å². The van der Waals surface area contributed by atoms with Crippen molar-refractivity contribution in [2.45, 2.75) is 38.9 Å². The lowest BCUT2D eigenvalue weighted by atomic mass is 10.2. The van der Waals surface area contributed by atoms with Gasteiger partial charge in [0.15, 0.2) is 0 Å². The highest BCUT2D eigenvalue weighted by molar-refractivity contribution is 14.1. The summed E-state index contributed by atoms with van der Waals surface area (Å²) in [5.74, 6) is 0. The fourth-order valence-electron chi connectivity index (χ4n) is 1.02. The first-order valence-corrected chi connectivity index (χ1v) is 10.3. The smallest absolute Gasteiger partial charge is 0.0988 e. The predicted octanol–water partition coefficient (Wildman–Crippen LogP) is 4.83. The lowest BCUT2D eigenvalue weighted by Gasteiger charge is -2.35. The first kappa shape index (κ1) is 13.2. The van der Waals surface area contributed by atoms with Gasteiger partial charge in [0.1, 0.15) is 0 Å². The Morgan fingerprint density at radius 3 is 2.14 bits per heavy atom. The number of halogens is 2. The zero-order valence-corrected chi connectivity index (χ0v) is 14.8. The second-order valence-electron chi connectivity index (χ2n) is 5.11. The molecule has 0 radical (unpaired) electrons. The largest absolute Gasteiger partial charge is 0.138 e. The van der Waals surface area contributed by atoms with E-state index in [1.807, 2.05) is 11.3 Å². The molecule has 1 rings (SSSR count). The standard InChI is InChI=1S/C10H16BrISSi/c1-10(2,3)14(4,5)8-6-7(11)9(12)13-8/h6H,1-5H3. The summed E-state index contributed by atoms with van der Waals surface area (Å²) in [6.45, 7) is 12.0. The summed E-state index contributed by atoms with van der Waals surface area (Å²) >= 11 is 7.96. The van der Waals surface area contributed by atoms with Crippen LogP contribution in [0, 0.1) is 2.88 Å². The Hall–Kier alpha value is 1.13. The highest BCUT2D eigenvalue weighted by atomic mass is 127. The molecule has 0 N–H and O–H groups in total. The van der Waals surface area contributed by atoms with Gasteiger partial charge in [0.25, 0.3) is 0 Å². The Kier molecular flexibility index (Phi) is 3.94. The number of hydrogen-bond donors (Lipinski definition) is 0. The molecule has 0 aliphatic heterocycles. The maximum atomic E-state index is 3.60. The Bertz CT molecular complexity index is 319. The molecule has 0 atom stereocenters. The summed E-state index contributed by atoms with van der Waals surface area (Å²) < 4.78 is 4.24. The molecule has 0 nitrogen and oxygen atoms in total. The van der Waals surface area contributed by atoms with E-state index in [2.05, 4.69) is 78.5 Å². The van der Waals surface area contributed by atoms with Crippen molar-refractivity contribution in [1.82, 2.24) is 0 Å². The topological polar surface area (TPSA) is 0 Å². The van der Waals surface area contributed by atoms with E-state index in [9.17, 15) is 0 Å². The number of thiophene rings is 1. The van der Waals surface area contributed by atoms with E-state index >= 15 is 0 Å². The summed E-state index contributed by atoms with van der Waals surface area (Å²) in [5, 5.41) is 0.431. The van der Waals surface area contributed by atoms with Gasteiger partial charge in [-0.3, -0.25) is 0 Å². The Balaban J connectivity index is 3.16. The lowest BCUT2D eigenvalue weighted by molar-refractivity contribution is 0.730. The number of hydrogen-bond acceptors (Lipinski definition) is 1. The SMILES string of the molecule is CC(C)(C)[Si](C)(C)c1cc(Br)c(I)s1. The molecule has 0 saturated carbocycles. The van der Waals surface area contributed by atoms with Crippen LogP contribution < -0.4 is 4.50 Å². The fourth-order valence-corrected chi connectivity index (χ4v) is 7.37. The highest BCUT2D eigenvalue weighted by Crippen LogP contribution is 2.38. The van der Waals surface area contributed by atoms with Crippen molar-refractivity contribution in [3.8, 4) is 0 Å². The lowest BCUT2D eigenvalue weighted by Crippen LogP contribution is -2.47. The van der Waals surface area contributed by atoms with Crippen molar-refractivity contribution in [3.05, 3.63) is 13.4 Å². The average molecular weight is 403 g/mol. The van der Waals surface area contributed by atoms with Gasteiger partial charge in [-0.05, 0) is 54.1 Å². The molecule has 0 fully saturated rings. The summed E-state index contributed by atoms with van der Waals surface area (Å²) in [5.41, 5.74) is 0. The van der Waals surface area contributed by atoms with Gasteiger partial charge in [0.05, 0.1) is 11.0 Å². The van der Waals surface area contributed by atoms with Crippen LogP contribution in [0.3, 0.4) is 0 Å². The monoisotopic (exact) mass is 402 g/mol. The van der Waals surface area contributed by atoms with E-state index in [0.717, 1.165) is 0 Å². The molecule has 0 aromatic carbocycles. The molecule has 1 heterocycles. The summed E-state index contributed by atoms with van der Waals surface area (Å²) in [6, 6.07) is 2.32. The first-order chi connectivity index (χ1) is 6.16. The Labute approximate surface area is 114 Å². The second kappa shape index (κ2) is 4.18. The van der Waals surface area contributed by atoms with Gasteiger partial charge in [-0.1, -0.05) is 33.9 Å². The van der Waals surface area contributed by atoms with E-state index in [1.165, 1.54) is 7.36 Å². The van der Waals surface area contributed by atoms with Crippen molar-refractivity contribution in [3.63, 3.8) is 0 Å². The summed E-state index contributed by atoms with van der Waals surface area (Å²) in [7, 11) is -1.31. The highest BCUT2D eigenvalue weighted by Gasteiger charge is 2.38. The zero-order valence-electron chi connectivity index (χ0n) is 9.24. The second-order valence-corrected chi connectivity index (χ2v) is 14.5. The summed E-state index contributed by atoms with van der Waals surface area (Å²) in [6.07, 6.45) is 0. The van der Waals surface area contributed by atoms with Crippen LogP contribution in [0.15, 0.2) is 10.5 Å². The first-order valence-electron chi connectivity index (χ1n) is 4.61. The Morgan fingerprint density at radius 2 is 1.86 bits per heavy atom. The molecule has 4 heteroatoms. The molecule has 0 aliphatic carbocycles. The number of rotatable bonds is 1. The quantitative estimate of drug-likeness (QED) is 0.466. The maximum absolute atomic E-state index is 3.60. The van der Waals surface area contributed by atoms with E-state index in [0.29, 0.717) is 5.04 Å². The Morgan fingerprint density at radius 1 is 1.36 bits per heavy atom. The normalized spacial score (nSPS) is 13.4. The van der Waals surface area contributed by atoms with Crippen LogP contribution in [0.25, 0.3) is 0 Å². The van der Waals surface area contributed by atoms with Gasteiger partial charge in [-0.15, -0.1) is 11.3 Å². The molecule has 0 spiro atoms. The fraction of sp³-hybridized carbons (Fsp3) is 0.600. The van der Waals surface area contributed by atoms with Crippen LogP contribution in [0.5, 0.6) is 0 Å². The molecule has 0 aliphatic rings. The van der Waals surface area contributed by atoms with Gasteiger partial charge in [0.2, 0.25) is 0 Å². The van der Waals surface area contributed by atoms with E-state index in [4.69, 9.17) is 0 Å². The average Bonchev–Trinajstić information content (AvgIpc) is 2.30. The van der Waals surface area contributed by atoms with Crippen LogP contribution in [0.1, 0.15) is 20.8 Å². The van der Waals surface area contributed by atoms with Gasteiger partial charge in [-0.2, -0.15) is 0 Å². The third-order valence-electron chi connectivity index (χ3n) is 3.14. The van der Waals surface area contributed by atoms with Gasteiger partial charge in [0, 0.05) is 4.47 Å². The third-order valence-corrected chi connectivity index (χ3v) is 13.7. The van der Waals surface area contributed by atoms with Crippen molar-refractivity contribution in [1.29, 1.82) is 0 Å². The van der Waals surface area contributed by atoms with E-state index in [1.54, 1.807) is 4.50 Å². The van der Waals surface area contributed by atoms with Crippen molar-refractivity contribution >= 4 is 62.4 Å². The van der Waals surface area contributed by atoms with E-state index < -0.39 is 8.07 Å². The minimum atomic E-state index is -1.31. The van der Waals surface area contributed by atoms with Gasteiger partial charge >= 0.3 is 0 Å². The molecule has 0 unspecified atom stereocenters. The maximum Gasteiger partial charge on any atom is 0.0988 e. The van der Waals surface area contributed by atoms with Crippen LogP contribution >= 0.6 is 49.9 Å². The van der Waals surface area contributed by atoms with Gasteiger partial charge in [-0.25, -0.2) is 0 Å². The summed E-state index contributed by atoms with van der Waals surface area (Å²) in [4.78, 5) is 0. The van der Waals surface area contributed by atoms with Crippen LogP contribution in [-0.4, -0.2) is 8.07 Å². The van der Waals surface area contributed by atoms with Crippen LogP contribution in [-0.2, 0) is 0 Å². The molecule has 14 heavy (non-hydrogen) atoms. The van der Waals surface area contributed by atoms with Gasteiger partial charge < -0.3 is 0 Å². The van der Waals surface area contributed by atoms with Crippen molar-refractivity contribution < 1.29 is 0 Å². The molecule has 0 amide bonds. The molecule has 80 valence electrons. The van der Waals surface area contributed by atoms with Crippen molar-refractivity contribution in [2.75, 3.05) is 0 Å². The van der Waals surface area contributed by atoms with Crippen LogP contribution in [0.4, 0.5) is 0 Å². The van der Waals surface area contributed by atoms with E-state index in [-0.39, 0.29) is 0 Å². The third kappa shape index (κ3) is 2.44.